The third kappa shape index (κ3) is 7.11. The van der Waals surface area contributed by atoms with Gasteiger partial charge in [0.1, 0.15) is 6.10 Å². The summed E-state index contributed by atoms with van der Waals surface area (Å²) in [5.41, 5.74) is 0.0704. The van der Waals surface area contributed by atoms with Gasteiger partial charge in [0.25, 0.3) is 0 Å². The van der Waals surface area contributed by atoms with Gasteiger partial charge in [-0.25, -0.2) is 14.4 Å². The van der Waals surface area contributed by atoms with Crippen molar-refractivity contribution in [3.8, 4) is 0 Å². The molecule has 1 heterocycles. The van der Waals surface area contributed by atoms with E-state index in [1.165, 1.54) is 36.4 Å². The van der Waals surface area contributed by atoms with E-state index in [0.29, 0.717) is 4.90 Å². The number of hydrogen-bond acceptors (Lipinski definition) is 9. The SMILES string of the molecule is Cc1ccc(S(=O)[C@@H]2O[C@H](CO)[C@H](OC(=O)c3ccccc3)[C@H](OC(=O)c3ccccc3)[C@H]2OC(=O)c2ccccc2)cc1. The van der Waals surface area contributed by atoms with Crippen molar-refractivity contribution in [1.29, 1.82) is 0 Å². The number of carbonyl (C=O) groups excluding carboxylic acids is 3. The molecule has 1 saturated heterocycles. The van der Waals surface area contributed by atoms with Gasteiger partial charge in [0.15, 0.2) is 23.7 Å². The first-order valence-corrected chi connectivity index (χ1v) is 15.1. The number of aliphatic hydroxyl groups is 1. The highest BCUT2D eigenvalue weighted by Crippen LogP contribution is 2.33. The first-order chi connectivity index (χ1) is 21.4. The van der Waals surface area contributed by atoms with Crippen LogP contribution in [0, 0.1) is 6.92 Å². The second-order valence-electron chi connectivity index (χ2n) is 10.0. The lowest BCUT2D eigenvalue weighted by Crippen LogP contribution is -2.63. The molecule has 5 rings (SSSR count). The van der Waals surface area contributed by atoms with Crippen LogP contribution >= 0.6 is 0 Å². The van der Waals surface area contributed by atoms with E-state index in [1.807, 2.05) is 6.92 Å². The molecular formula is C34H30O9S. The summed E-state index contributed by atoms with van der Waals surface area (Å²) in [6.07, 6.45) is -5.77. The lowest BCUT2D eigenvalue weighted by atomic mass is 9.98. The fourth-order valence-electron chi connectivity index (χ4n) is 4.70. The fourth-order valence-corrected chi connectivity index (χ4v) is 6.07. The van der Waals surface area contributed by atoms with Crippen LogP contribution in [0.2, 0.25) is 0 Å². The van der Waals surface area contributed by atoms with Gasteiger partial charge in [-0.05, 0) is 55.5 Å². The minimum absolute atomic E-state index is 0.178. The Morgan fingerprint density at radius 2 is 1.05 bits per heavy atom. The monoisotopic (exact) mass is 614 g/mol. The number of carbonyl (C=O) groups is 3. The van der Waals surface area contributed by atoms with Crippen LogP contribution < -0.4 is 0 Å². The average Bonchev–Trinajstić information content (AvgIpc) is 3.07. The minimum atomic E-state index is -1.99. The van der Waals surface area contributed by atoms with Gasteiger partial charge in [-0.15, -0.1) is 0 Å². The van der Waals surface area contributed by atoms with E-state index in [1.54, 1.807) is 78.9 Å². The Bertz CT molecular complexity index is 1590. The Morgan fingerprint density at radius 3 is 1.48 bits per heavy atom. The molecule has 1 fully saturated rings. The van der Waals surface area contributed by atoms with Crippen molar-refractivity contribution in [3.05, 3.63) is 138 Å². The molecule has 0 amide bonds. The molecule has 4 aromatic rings. The molecule has 1 aliphatic heterocycles. The summed E-state index contributed by atoms with van der Waals surface area (Å²) in [4.78, 5) is 40.4. The molecule has 0 spiro atoms. The fraction of sp³-hybridized carbons (Fsp3) is 0.206. The van der Waals surface area contributed by atoms with E-state index < -0.39 is 65.2 Å². The largest absolute Gasteiger partial charge is 0.452 e. The number of ether oxygens (including phenoxy) is 4. The summed E-state index contributed by atoms with van der Waals surface area (Å²) < 4.78 is 37.8. The van der Waals surface area contributed by atoms with Gasteiger partial charge >= 0.3 is 17.9 Å². The molecule has 44 heavy (non-hydrogen) atoms. The molecule has 4 aromatic carbocycles. The molecule has 0 bridgehead atoms. The molecule has 10 heteroatoms. The van der Waals surface area contributed by atoms with E-state index in [0.717, 1.165) is 5.56 Å². The number of aryl methyl sites for hydroxylation is 1. The zero-order chi connectivity index (χ0) is 31.1. The van der Waals surface area contributed by atoms with E-state index in [2.05, 4.69) is 0 Å². The predicted octanol–water partition coefficient (Wildman–Crippen LogP) is 4.50. The molecular weight excluding hydrogens is 584 g/mol. The Hall–Kier alpha value is -4.64. The molecule has 0 saturated carbocycles. The maximum absolute atomic E-state index is 14.0. The molecule has 1 N–H and O–H groups in total. The Labute approximate surface area is 256 Å². The number of benzene rings is 4. The van der Waals surface area contributed by atoms with Crippen LogP contribution in [0.3, 0.4) is 0 Å². The second-order valence-corrected chi connectivity index (χ2v) is 11.6. The zero-order valence-electron chi connectivity index (χ0n) is 23.7. The van der Waals surface area contributed by atoms with Crippen LogP contribution in [0.5, 0.6) is 0 Å². The molecule has 0 aliphatic carbocycles. The molecule has 6 atom stereocenters. The maximum Gasteiger partial charge on any atom is 0.338 e. The maximum atomic E-state index is 14.0. The summed E-state index contributed by atoms with van der Waals surface area (Å²) >= 11 is 0. The lowest BCUT2D eigenvalue weighted by Gasteiger charge is -2.44. The number of rotatable bonds is 9. The number of hydrogen-bond donors (Lipinski definition) is 1. The van der Waals surface area contributed by atoms with Crippen molar-refractivity contribution in [3.63, 3.8) is 0 Å². The summed E-state index contributed by atoms with van der Waals surface area (Å²) in [5.74, 6) is -2.40. The highest BCUT2D eigenvalue weighted by molar-refractivity contribution is 7.85. The summed E-state index contributed by atoms with van der Waals surface area (Å²) in [6.45, 7) is 1.19. The lowest BCUT2D eigenvalue weighted by molar-refractivity contribution is -0.208. The van der Waals surface area contributed by atoms with Gasteiger partial charge in [0, 0.05) is 4.90 Å². The first kappa shape index (κ1) is 30.8. The predicted molar refractivity (Wildman–Crippen MR) is 160 cm³/mol. The quantitative estimate of drug-likeness (QED) is 0.214. The van der Waals surface area contributed by atoms with Crippen LogP contribution in [-0.2, 0) is 29.7 Å². The van der Waals surface area contributed by atoms with Crippen molar-refractivity contribution in [2.75, 3.05) is 6.61 Å². The first-order valence-electron chi connectivity index (χ1n) is 13.9. The Balaban J connectivity index is 1.58. The van der Waals surface area contributed by atoms with Crippen LogP contribution in [-0.4, -0.2) is 63.7 Å². The van der Waals surface area contributed by atoms with E-state index in [-0.39, 0.29) is 16.7 Å². The van der Waals surface area contributed by atoms with Crippen LogP contribution in [0.4, 0.5) is 0 Å². The minimum Gasteiger partial charge on any atom is -0.452 e. The second kappa shape index (κ2) is 14.2. The summed E-state index contributed by atoms with van der Waals surface area (Å²) in [6, 6.07) is 31.1. The Kier molecular flexibility index (Phi) is 9.96. The molecule has 226 valence electrons. The molecule has 1 unspecified atom stereocenters. The van der Waals surface area contributed by atoms with Crippen molar-refractivity contribution >= 4 is 28.7 Å². The normalized spacial score (nSPS) is 21.9. The highest BCUT2D eigenvalue weighted by Gasteiger charge is 2.54. The van der Waals surface area contributed by atoms with Gasteiger partial charge < -0.3 is 24.1 Å². The van der Waals surface area contributed by atoms with Gasteiger partial charge in [-0.1, -0.05) is 72.3 Å². The Morgan fingerprint density at radius 1 is 0.636 bits per heavy atom. The van der Waals surface area contributed by atoms with Gasteiger partial charge in [0.05, 0.1) is 34.1 Å². The standard InChI is InChI=1S/C34H30O9S/c1-22-17-19-26(20-18-22)44(39)34-30(43-33(38)25-15-9-4-10-16-25)29(42-32(37)24-13-7-3-8-14-24)28(27(21-35)40-34)41-31(36)23-11-5-2-6-12-23/h2-20,27-30,34-35H,21H2,1H3/t27-,28+,29+,30-,34+,44?/m1/s1. The molecule has 9 nitrogen and oxygen atoms in total. The van der Waals surface area contributed by atoms with Crippen molar-refractivity contribution in [2.24, 2.45) is 0 Å². The average molecular weight is 615 g/mol. The third-order valence-electron chi connectivity index (χ3n) is 6.99. The van der Waals surface area contributed by atoms with E-state index in [4.69, 9.17) is 18.9 Å². The zero-order valence-corrected chi connectivity index (χ0v) is 24.5. The molecule has 1 aliphatic rings. The van der Waals surface area contributed by atoms with Crippen molar-refractivity contribution < 1.29 is 42.6 Å². The van der Waals surface area contributed by atoms with Crippen LogP contribution in [0.1, 0.15) is 36.6 Å². The molecule has 0 radical (unpaired) electrons. The smallest absolute Gasteiger partial charge is 0.338 e. The molecule has 0 aromatic heterocycles. The number of esters is 3. The van der Waals surface area contributed by atoms with Crippen molar-refractivity contribution in [1.82, 2.24) is 0 Å². The third-order valence-corrected chi connectivity index (χ3v) is 8.53. The van der Waals surface area contributed by atoms with E-state index >= 15 is 0 Å². The van der Waals surface area contributed by atoms with Gasteiger partial charge in [-0.3, -0.25) is 4.21 Å². The summed E-state index contributed by atoms with van der Waals surface area (Å²) in [5, 5.41) is 10.4. The summed E-state index contributed by atoms with van der Waals surface area (Å²) in [7, 11) is -1.99. The van der Waals surface area contributed by atoms with Gasteiger partial charge in [-0.2, -0.15) is 0 Å². The number of aliphatic hydroxyl groups excluding tert-OH is 1. The van der Waals surface area contributed by atoms with Crippen LogP contribution in [0.15, 0.2) is 120 Å². The van der Waals surface area contributed by atoms with Crippen molar-refractivity contribution in [2.45, 2.75) is 41.7 Å². The van der Waals surface area contributed by atoms with E-state index in [9.17, 15) is 23.7 Å². The highest BCUT2D eigenvalue weighted by atomic mass is 32.2. The topological polar surface area (TPSA) is 125 Å². The van der Waals surface area contributed by atoms with Gasteiger partial charge in [0.2, 0.25) is 0 Å². The van der Waals surface area contributed by atoms with Crippen LogP contribution in [0.25, 0.3) is 0 Å².